The zero-order chi connectivity index (χ0) is 18.3. The molecule has 0 radical (unpaired) electrons. The Kier molecular flexibility index (Phi) is 6.55. The first-order chi connectivity index (χ1) is 11.9. The van der Waals surface area contributed by atoms with Crippen molar-refractivity contribution < 1.29 is 17.9 Å². The van der Waals surface area contributed by atoms with E-state index in [2.05, 4.69) is 5.32 Å². The molecule has 25 heavy (non-hydrogen) atoms. The van der Waals surface area contributed by atoms with E-state index >= 15 is 0 Å². The lowest BCUT2D eigenvalue weighted by atomic mass is 10.1. The van der Waals surface area contributed by atoms with Gasteiger partial charge < -0.3 is 10.1 Å². The van der Waals surface area contributed by atoms with Crippen LogP contribution in [-0.4, -0.2) is 20.9 Å². The van der Waals surface area contributed by atoms with Crippen molar-refractivity contribution in [1.29, 1.82) is 0 Å². The van der Waals surface area contributed by atoms with Gasteiger partial charge in [0.25, 0.3) is 0 Å². The van der Waals surface area contributed by atoms with Gasteiger partial charge in [-0.15, -0.1) is 0 Å². The first kappa shape index (κ1) is 19.0. The molecular weight excluding hydrogens is 340 g/mol. The van der Waals surface area contributed by atoms with Gasteiger partial charge in [0.1, 0.15) is 5.75 Å². The van der Waals surface area contributed by atoms with Gasteiger partial charge in [0.2, 0.25) is 15.9 Å². The van der Waals surface area contributed by atoms with Crippen molar-refractivity contribution in [2.75, 3.05) is 11.9 Å². The second-order valence-corrected chi connectivity index (χ2v) is 7.06. The Morgan fingerprint density at radius 1 is 1.16 bits per heavy atom. The summed E-state index contributed by atoms with van der Waals surface area (Å²) in [6.45, 7) is 2.27. The summed E-state index contributed by atoms with van der Waals surface area (Å²) < 4.78 is 28.8. The summed E-state index contributed by atoms with van der Waals surface area (Å²) in [5.41, 5.74) is 1.03. The van der Waals surface area contributed by atoms with Crippen LogP contribution in [0.4, 0.5) is 5.69 Å². The molecular formula is C18H22N2O4S. The third-order valence-electron chi connectivity index (χ3n) is 3.60. The molecule has 0 atom stereocenters. The summed E-state index contributed by atoms with van der Waals surface area (Å²) >= 11 is 0. The number of hydrogen-bond donors (Lipinski definition) is 2. The average Bonchev–Trinajstić information content (AvgIpc) is 2.59. The van der Waals surface area contributed by atoms with Crippen molar-refractivity contribution in [3.05, 3.63) is 54.1 Å². The summed E-state index contributed by atoms with van der Waals surface area (Å²) in [5.74, 6) is 0.553. The predicted molar refractivity (Wildman–Crippen MR) is 97.0 cm³/mol. The number of carbonyl (C=O) groups excluding carboxylic acids is 1. The van der Waals surface area contributed by atoms with Crippen molar-refractivity contribution in [2.45, 2.75) is 31.1 Å². The largest absolute Gasteiger partial charge is 0.494 e. The number of hydrogen-bond acceptors (Lipinski definition) is 4. The van der Waals surface area contributed by atoms with Crippen LogP contribution in [0, 0.1) is 0 Å². The highest BCUT2D eigenvalue weighted by atomic mass is 32.2. The maximum absolute atomic E-state index is 12.0. The number of primary sulfonamides is 1. The standard InChI is InChI=1S/C18H22N2O4S/c1-2-14-10-11-15(13-17(14)25(19,22)23)20-18(21)9-6-12-24-16-7-4-3-5-8-16/h3-5,7-8,10-11,13H,2,6,9,12H2,1H3,(H,20,21)(H2,19,22,23). The number of nitrogens with one attached hydrogen (secondary N) is 1. The molecule has 0 unspecified atom stereocenters. The van der Waals surface area contributed by atoms with Gasteiger partial charge in [0.05, 0.1) is 11.5 Å². The van der Waals surface area contributed by atoms with Crippen LogP contribution in [0.25, 0.3) is 0 Å². The predicted octanol–water partition coefficient (Wildman–Crippen LogP) is 2.69. The number of carbonyl (C=O) groups is 1. The van der Waals surface area contributed by atoms with E-state index in [0.717, 1.165) is 5.75 Å². The molecule has 1 amide bonds. The molecule has 0 aliphatic carbocycles. The van der Waals surface area contributed by atoms with Crippen LogP contribution in [0.2, 0.25) is 0 Å². The molecule has 2 rings (SSSR count). The van der Waals surface area contributed by atoms with E-state index in [1.165, 1.54) is 6.07 Å². The Balaban J connectivity index is 1.88. The molecule has 0 aromatic heterocycles. The van der Waals surface area contributed by atoms with Gasteiger partial charge in [0.15, 0.2) is 0 Å². The average molecular weight is 362 g/mol. The molecule has 2 aromatic carbocycles. The summed E-state index contributed by atoms with van der Waals surface area (Å²) in [4.78, 5) is 12.0. The zero-order valence-corrected chi connectivity index (χ0v) is 14.9. The minimum atomic E-state index is -3.83. The number of amides is 1. The molecule has 3 N–H and O–H groups in total. The highest BCUT2D eigenvalue weighted by molar-refractivity contribution is 7.89. The summed E-state index contributed by atoms with van der Waals surface area (Å²) in [6, 6.07) is 14.1. The molecule has 0 aliphatic rings. The second kappa shape index (κ2) is 8.64. The monoisotopic (exact) mass is 362 g/mol. The highest BCUT2D eigenvalue weighted by Crippen LogP contribution is 2.20. The molecule has 0 fully saturated rings. The van der Waals surface area contributed by atoms with Gasteiger partial charge in [-0.05, 0) is 42.7 Å². The number of ether oxygens (including phenoxy) is 1. The second-order valence-electron chi connectivity index (χ2n) is 5.53. The van der Waals surface area contributed by atoms with Crippen LogP contribution in [0.5, 0.6) is 5.75 Å². The number of para-hydroxylation sites is 1. The Hall–Kier alpha value is -2.38. The molecule has 2 aromatic rings. The third kappa shape index (κ3) is 5.88. The van der Waals surface area contributed by atoms with Crippen molar-refractivity contribution in [3.63, 3.8) is 0 Å². The van der Waals surface area contributed by atoms with E-state index < -0.39 is 10.0 Å². The minimum Gasteiger partial charge on any atom is -0.494 e. The van der Waals surface area contributed by atoms with Crippen molar-refractivity contribution >= 4 is 21.6 Å². The highest BCUT2D eigenvalue weighted by Gasteiger charge is 2.14. The van der Waals surface area contributed by atoms with Gasteiger partial charge in [-0.25, -0.2) is 13.6 Å². The van der Waals surface area contributed by atoms with Crippen LogP contribution < -0.4 is 15.2 Å². The minimum absolute atomic E-state index is 0.0419. The maximum Gasteiger partial charge on any atom is 0.238 e. The molecule has 0 aliphatic heterocycles. The lowest BCUT2D eigenvalue weighted by molar-refractivity contribution is -0.116. The van der Waals surface area contributed by atoms with Crippen LogP contribution in [-0.2, 0) is 21.2 Å². The molecule has 0 bridgehead atoms. The number of aryl methyl sites for hydroxylation is 1. The molecule has 0 saturated heterocycles. The molecule has 134 valence electrons. The van der Waals surface area contributed by atoms with Gasteiger partial charge in [-0.1, -0.05) is 31.2 Å². The van der Waals surface area contributed by atoms with E-state index in [-0.39, 0.29) is 17.2 Å². The summed E-state index contributed by atoms with van der Waals surface area (Å²) in [5, 5.41) is 7.92. The van der Waals surface area contributed by atoms with Crippen LogP contribution >= 0.6 is 0 Å². The topological polar surface area (TPSA) is 98.5 Å². The Labute approximate surface area is 148 Å². The molecule has 0 saturated carbocycles. The van der Waals surface area contributed by atoms with E-state index in [1.807, 2.05) is 37.3 Å². The summed E-state index contributed by atoms with van der Waals surface area (Å²) in [6.07, 6.45) is 1.36. The number of benzene rings is 2. The van der Waals surface area contributed by atoms with E-state index in [9.17, 15) is 13.2 Å². The van der Waals surface area contributed by atoms with Crippen molar-refractivity contribution in [1.82, 2.24) is 0 Å². The number of anilines is 1. The fraction of sp³-hybridized carbons (Fsp3) is 0.278. The van der Waals surface area contributed by atoms with E-state index in [1.54, 1.807) is 12.1 Å². The van der Waals surface area contributed by atoms with E-state index in [0.29, 0.717) is 30.7 Å². The maximum atomic E-state index is 12.0. The molecule has 0 spiro atoms. The van der Waals surface area contributed by atoms with Crippen molar-refractivity contribution in [2.24, 2.45) is 5.14 Å². The number of rotatable bonds is 8. The number of sulfonamides is 1. The van der Waals surface area contributed by atoms with Gasteiger partial charge in [-0.3, -0.25) is 4.79 Å². The Bertz CT molecular complexity index is 820. The van der Waals surface area contributed by atoms with Crippen LogP contribution in [0.1, 0.15) is 25.3 Å². The lowest BCUT2D eigenvalue weighted by Gasteiger charge is -2.10. The molecule has 6 nitrogen and oxygen atoms in total. The third-order valence-corrected chi connectivity index (χ3v) is 4.59. The van der Waals surface area contributed by atoms with Gasteiger partial charge >= 0.3 is 0 Å². The fourth-order valence-electron chi connectivity index (χ4n) is 2.35. The smallest absolute Gasteiger partial charge is 0.238 e. The Morgan fingerprint density at radius 2 is 1.88 bits per heavy atom. The first-order valence-corrected chi connectivity index (χ1v) is 9.58. The van der Waals surface area contributed by atoms with Gasteiger partial charge in [0, 0.05) is 12.1 Å². The SMILES string of the molecule is CCc1ccc(NC(=O)CCCOc2ccccc2)cc1S(N)(=O)=O. The zero-order valence-electron chi connectivity index (χ0n) is 14.1. The normalized spacial score (nSPS) is 11.1. The summed E-state index contributed by atoms with van der Waals surface area (Å²) in [7, 11) is -3.83. The first-order valence-electron chi connectivity index (χ1n) is 8.03. The van der Waals surface area contributed by atoms with Crippen LogP contribution in [0.3, 0.4) is 0 Å². The van der Waals surface area contributed by atoms with E-state index in [4.69, 9.17) is 9.88 Å². The molecule has 0 heterocycles. The van der Waals surface area contributed by atoms with Gasteiger partial charge in [-0.2, -0.15) is 0 Å². The van der Waals surface area contributed by atoms with Crippen molar-refractivity contribution in [3.8, 4) is 5.75 Å². The Morgan fingerprint density at radius 3 is 2.52 bits per heavy atom. The quantitative estimate of drug-likeness (QED) is 0.705. The van der Waals surface area contributed by atoms with Crippen LogP contribution in [0.15, 0.2) is 53.4 Å². The number of nitrogens with two attached hydrogens (primary N) is 1. The lowest BCUT2D eigenvalue weighted by Crippen LogP contribution is -2.16. The fourth-order valence-corrected chi connectivity index (χ4v) is 3.22. The molecule has 7 heteroatoms.